The van der Waals surface area contributed by atoms with Gasteiger partial charge >= 0.3 is 0 Å². The summed E-state index contributed by atoms with van der Waals surface area (Å²) in [7, 11) is 1.96. The lowest BCUT2D eigenvalue weighted by atomic mass is 10.2. The van der Waals surface area contributed by atoms with Crippen LogP contribution in [-0.2, 0) is 4.74 Å². The highest BCUT2D eigenvalue weighted by Gasteiger charge is 2.08. The van der Waals surface area contributed by atoms with E-state index in [4.69, 9.17) is 4.74 Å². The van der Waals surface area contributed by atoms with Gasteiger partial charge in [0.1, 0.15) is 0 Å². The average molecular weight is 185 g/mol. The predicted molar refractivity (Wildman–Crippen MR) is 52.6 cm³/mol. The Hall–Kier alpha value is -0.380. The minimum absolute atomic E-state index is 0.344. The molecule has 1 N–H and O–H groups in total. The molecule has 1 heterocycles. The predicted octanol–water partition coefficient (Wildman–Crippen LogP) is 2.05. The van der Waals surface area contributed by atoms with Crippen LogP contribution in [0, 0.1) is 0 Å². The SMILES string of the molecule is CCOCC(NC)c1ccsc1. The zero-order valence-corrected chi connectivity index (χ0v) is 8.36. The van der Waals surface area contributed by atoms with Crippen molar-refractivity contribution in [3.05, 3.63) is 22.4 Å². The second kappa shape index (κ2) is 5.30. The molecular weight excluding hydrogens is 170 g/mol. The van der Waals surface area contributed by atoms with Gasteiger partial charge in [-0.3, -0.25) is 0 Å². The maximum absolute atomic E-state index is 5.35. The zero-order valence-electron chi connectivity index (χ0n) is 7.54. The molecule has 0 radical (unpaired) electrons. The van der Waals surface area contributed by atoms with E-state index in [1.54, 1.807) is 11.3 Å². The second-order valence-electron chi connectivity index (χ2n) is 2.56. The molecule has 3 heteroatoms. The monoisotopic (exact) mass is 185 g/mol. The van der Waals surface area contributed by atoms with Crippen LogP contribution < -0.4 is 5.32 Å². The molecule has 1 aromatic heterocycles. The van der Waals surface area contributed by atoms with E-state index >= 15 is 0 Å². The lowest BCUT2D eigenvalue weighted by Gasteiger charge is -2.13. The summed E-state index contributed by atoms with van der Waals surface area (Å²) in [5, 5.41) is 7.46. The molecule has 0 saturated carbocycles. The van der Waals surface area contributed by atoms with E-state index in [-0.39, 0.29) is 0 Å². The van der Waals surface area contributed by atoms with E-state index in [9.17, 15) is 0 Å². The van der Waals surface area contributed by atoms with Gasteiger partial charge in [-0.2, -0.15) is 11.3 Å². The van der Waals surface area contributed by atoms with Gasteiger partial charge in [-0.05, 0) is 36.4 Å². The van der Waals surface area contributed by atoms with E-state index in [1.165, 1.54) is 5.56 Å². The normalized spacial score (nSPS) is 13.2. The third-order valence-corrected chi connectivity index (χ3v) is 2.48. The molecule has 0 amide bonds. The molecular formula is C9H15NOS. The highest BCUT2D eigenvalue weighted by Crippen LogP contribution is 2.15. The summed E-state index contributed by atoms with van der Waals surface area (Å²) in [6, 6.07) is 2.47. The number of hydrogen-bond acceptors (Lipinski definition) is 3. The molecule has 68 valence electrons. The van der Waals surface area contributed by atoms with Crippen LogP contribution >= 0.6 is 11.3 Å². The fourth-order valence-electron chi connectivity index (χ4n) is 1.06. The largest absolute Gasteiger partial charge is 0.380 e. The third-order valence-electron chi connectivity index (χ3n) is 1.78. The van der Waals surface area contributed by atoms with Crippen LogP contribution in [0.15, 0.2) is 16.8 Å². The van der Waals surface area contributed by atoms with Crippen molar-refractivity contribution in [1.29, 1.82) is 0 Å². The molecule has 0 aliphatic carbocycles. The summed E-state index contributed by atoms with van der Waals surface area (Å²) >= 11 is 1.72. The van der Waals surface area contributed by atoms with Crippen LogP contribution in [0.4, 0.5) is 0 Å². The first-order valence-electron chi connectivity index (χ1n) is 4.15. The van der Waals surface area contributed by atoms with E-state index in [2.05, 4.69) is 22.1 Å². The van der Waals surface area contributed by atoms with Gasteiger partial charge in [0.2, 0.25) is 0 Å². The molecule has 0 aromatic carbocycles. The van der Waals surface area contributed by atoms with Gasteiger partial charge in [-0.15, -0.1) is 0 Å². The Labute approximate surface area is 77.6 Å². The van der Waals surface area contributed by atoms with Crippen molar-refractivity contribution in [3.63, 3.8) is 0 Å². The molecule has 0 aliphatic heterocycles. The number of rotatable bonds is 5. The van der Waals surface area contributed by atoms with Crippen LogP contribution in [0.25, 0.3) is 0 Å². The van der Waals surface area contributed by atoms with Crippen molar-refractivity contribution in [1.82, 2.24) is 5.32 Å². The fraction of sp³-hybridized carbons (Fsp3) is 0.556. The van der Waals surface area contributed by atoms with Crippen molar-refractivity contribution in [2.75, 3.05) is 20.3 Å². The quantitative estimate of drug-likeness (QED) is 0.758. The summed E-state index contributed by atoms with van der Waals surface area (Å²) < 4.78 is 5.35. The Kier molecular flexibility index (Phi) is 4.29. The van der Waals surface area contributed by atoms with Crippen molar-refractivity contribution in [2.24, 2.45) is 0 Å². The Morgan fingerprint density at radius 1 is 1.67 bits per heavy atom. The topological polar surface area (TPSA) is 21.3 Å². The summed E-state index contributed by atoms with van der Waals surface area (Å²) in [5.74, 6) is 0. The number of ether oxygens (including phenoxy) is 1. The van der Waals surface area contributed by atoms with Gasteiger partial charge < -0.3 is 10.1 Å². The summed E-state index contributed by atoms with van der Waals surface area (Å²) in [4.78, 5) is 0. The number of hydrogen-bond donors (Lipinski definition) is 1. The van der Waals surface area contributed by atoms with Crippen LogP contribution in [0.1, 0.15) is 18.5 Å². The maximum atomic E-state index is 5.35. The highest BCUT2D eigenvalue weighted by molar-refractivity contribution is 7.07. The molecule has 1 aromatic rings. The first-order chi connectivity index (χ1) is 5.88. The first-order valence-corrected chi connectivity index (χ1v) is 5.09. The molecule has 1 rings (SSSR count). The van der Waals surface area contributed by atoms with Gasteiger partial charge in [0.25, 0.3) is 0 Å². The van der Waals surface area contributed by atoms with Gasteiger partial charge in [0, 0.05) is 6.61 Å². The molecule has 2 nitrogen and oxygen atoms in total. The van der Waals surface area contributed by atoms with Crippen molar-refractivity contribution < 1.29 is 4.74 Å². The van der Waals surface area contributed by atoms with Crippen molar-refractivity contribution in [3.8, 4) is 0 Å². The molecule has 0 aliphatic rings. The minimum Gasteiger partial charge on any atom is -0.380 e. The first kappa shape index (κ1) is 9.71. The summed E-state index contributed by atoms with van der Waals surface area (Å²) in [6.07, 6.45) is 0. The molecule has 0 saturated heterocycles. The number of likely N-dealkylation sites (N-methyl/N-ethyl adjacent to an activating group) is 1. The van der Waals surface area contributed by atoms with Gasteiger partial charge in [0.05, 0.1) is 12.6 Å². The molecule has 0 bridgehead atoms. The van der Waals surface area contributed by atoms with Gasteiger partial charge in [0.15, 0.2) is 0 Å². The van der Waals surface area contributed by atoms with E-state index in [0.717, 1.165) is 13.2 Å². The smallest absolute Gasteiger partial charge is 0.0661 e. The van der Waals surface area contributed by atoms with Crippen LogP contribution in [0.5, 0.6) is 0 Å². The van der Waals surface area contributed by atoms with Crippen LogP contribution in [-0.4, -0.2) is 20.3 Å². The standard InChI is InChI=1S/C9H15NOS/c1-3-11-6-9(10-2)8-4-5-12-7-8/h4-5,7,9-10H,3,6H2,1-2H3. The Morgan fingerprint density at radius 3 is 3.00 bits per heavy atom. The molecule has 1 unspecified atom stereocenters. The third kappa shape index (κ3) is 2.59. The number of nitrogens with one attached hydrogen (secondary N) is 1. The Bertz CT molecular complexity index is 198. The van der Waals surface area contributed by atoms with Gasteiger partial charge in [-0.1, -0.05) is 0 Å². The Balaban J connectivity index is 2.45. The second-order valence-corrected chi connectivity index (χ2v) is 3.34. The lowest BCUT2D eigenvalue weighted by molar-refractivity contribution is 0.125. The minimum atomic E-state index is 0.344. The molecule has 1 atom stereocenters. The van der Waals surface area contributed by atoms with Gasteiger partial charge in [-0.25, -0.2) is 0 Å². The van der Waals surface area contributed by atoms with Crippen LogP contribution in [0.2, 0.25) is 0 Å². The maximum Gasteiger partial charge on any atom is 0.0661 e. The van der Waals surface area contributed by atoms with E-state index < -0.39 is 0 Å². The lowest BCUT2D eigenvalue weighted by Crippen LogP contribution is -2.21. The average Bonchev–Trinajstić information content (AvgIpc) is 2.59. The van der Waals surface area contributed by atoms with E-state index in [0.29, 0.717) is 6.04 Å². The fourth-order valence-corrected chi connectivity index (χ4v) is 1.77. The van der Waals surface area contributed by atoms with Crippen LogP contribution in [0.3, 0.4) is 0 Å². The molecule has 0 fully saturated rings. The number of thiophene rings is 1. The van der Waals surface area contributed by atoms with E-state index in [1.807, 2.05) is 14.0 Å². The molecule has 12 heavy (non-hydrogen) atoms. The Morgan fingerprint density at radius 2 is 2.50 bits per heavy atom. The molecule has 0 spiro atoms. The van der Waals surface area contributed by atoms with Crippen molar-refractivity contribution >= 4 is 11.3 Å². The van der Waals surface area contributed by atoms with Crippen molar-refractivity contribution in [2.45, 2.75) is 13.0 Å². The summed E-state index contributed by atoms with van der Waals surface area (Å²) in [5.41, 5.74) is 1.32. The summed E-state index contributed by atoms with van der Waals surface area (Å²) in [6.45, 7) is 3.55. The highest BCUT2D eigenvalue weighted by atomic mass is 32.1. The zero-order chi connectivity index (χ0) is 8.81.